The molecular formula is C10H9N3S. The summed E-state index contributed by atoms with van der Waals surface area (Å²) in [6.07, 6.45) is 1.88. The number of hydrogen-bond donors (Lipinski definition) is 1. The SMILES string of the molecule is CSc1cc(C)c(C#N)c(N)c1C#N. The maximum atomic E-state index is 8.89. The summed E-state index contributed by atoms with van der Waals surface area (Å²) in [7, 11) is 0. The van der Waals surface area contributed by atoms with E-state index in [9.17, 15) is 0 Å². The Morgan fingerprint density at radius 3 is 2.29 bits per heavy atom. The predicted octanol–water partition coefficient (Wildman–Crippen LogP) is 2.04. The Bertz CT molecular complexity index is 452. The van der Waals surface area contributed by atoms with Gasteiger partial charge in [0.05, 0.1) is 16.8 Å². The molecule has 1 aromatic carbocycles. The fraction of sp³-hybridized carbons (Fsp3) is 0.200. The molecule has 0 aliphatic rings. The minimum atomic E-state index is 0.291. The summed E-state index contributed by atoms with van der Waals surface area (Å²) in [5.41, 5.74) is 7.63. The third-order valence-electron chi connectivity index (χ3n) is 1.97. The topological polar surface area (TPSA) is 73.6 Å². The molecule has 0 saturated carbocycles. The van der Waals surface area contributed by atoms with E-state index in [1.807, 2.05) is 31.4 Å². The molecule has 0 aliphatic carbocycles. The average molecular weight is 203 g/mol. The van der Waals surface area contributed by atoms with Crippen LogP contribution in [0.3, 0.4) is 0 Å². The lowest BCUT2D eigenvalue weighted by Gasteiger charge is -2.08. The van der Waals surface area contributed by atoms with Crippen LogP contribution in [0, 0.1) is 29.6 Å². The standard InChI is InChI=1S/C10H9N3S/c1-6-3-9(14-2)8(5-12)10(13)7(6)4-11/h3H,13H2,1-2H3. The molecule has 0 radical (unpaired) electrons. The highest BCUT2D eigenvalue weighted by molar-refractivity contribution is 7.98. The van der Waals surface area contributed by atoms with E-state index >= 15 is 0 Å². The zero-order valence-corrected chi connectivity index (χ0v) is 8.77. The van der Waals surface area contributed by atoms with Crippen LogP contribution in [0.5, 0.6) is 0 Å². The van der Waals surface area contributed by atoms with Gasteiger partial charge in [-0.15, -0.1) is 11.8 Å². The quantitative estimate of drug-likeness (QED) is 0.560. The van der Waals surface area contributed by atoms with E-state index in [1.165, 1.54) is 11.8 Å². The Morgan fingerprint density at radius 2 is 1.86 bits per heavy atom. The summed E-state index contributed by atoms with van der Waals surface area (Å²) in [5.74, 6) is 0. The van der Waals surface area contributed by atoms with Crippen LogP contribution in [0.1, 0.15) is 16.7 Å². The molecule has 0 aliphatic heterocycles. The molecular weight excluding hydrogens is 194 g/mol. The summed E-state index contributed by atoms with van der Waals surface area (Å²) in [4.78, 5) is 0.821. The third kappa shape index (κ3) is 1.53. The zero-order chi connectivity index (χ0) is 10.7. The van der Waals surface area contributed by atoms with Crippen LogP contribution in [0.4, 0.5) is 5.69 Å². The lowest BCUT2D eigenvalue weighted by Crippen LogP contribution is -1.99. The van der Waals surface area contributed by atoms with Crippen LogP contribution in [0.2, 0.25) is 0 Å². The summed E-state index contributed by atoms with van der Waals surface area (Å²) >= 11 is 1.46. The van der Waals surface area contributed by atoms with E-state index < -0.39 is 0 Å². The van der Waals surface area contributed by atoms with Crippen LogP contribution in [-0.2, 0) is 0 Å². The summed E-state index contributed by atoms with van der Waals surface area (Å²) in [6.45, 7) is 1.82. The fourth-order valence-electron chi connectivity index (χ4n) is 1.24. The van der Waals surface area contributed by atoms with Gasteiger partial charge < -0.3 is 5.73 Å². The highest BCUT2D eigenvalue weighted by atomic mass is 32.2. The Hall–Kier alpha value is -1.65. The van der Waals surface area contributed by atoms with Crippen LogP contribution in [-0.4, -0.2) is 6.26 Å². The van der Waals surface area contributed by atoms with E-state index in [-0.39, 0.29) is 0 Å². The number of hydrogen-bond acceptors (Lipinski definition) is 4. The van der Waals surface area contributed by atoms with E-state index in [2.05, 4.69) is 0 Å². The molecule has 0 amide bonds. The Labute approximate surface area is 87.1 Å². The second-order valence-electron chi connectivity index (χ2n) is 2.78. The lowest BCUT2D eigenvalue weighted by atomic mass is 10.0. The van der Waals surface area contributed by atoms with Crippen LogP contribution in [0.15, 0.2) is 11.0 Å². The van der Waals surface area contributed by atoms with Gasteiger partial charge in [-0.2, -0.15) is 10.5 Å². The molecule has 4 heteroatoms. The lowest BCUT2D eigenvalue weighted by molar-refractivity contribution is 1.29. The van der Waals surface area contributed by atoms with Crippen molar-refractivity contribution in [3.8, 4) is 12.1 Å². The van der Waals surface area contributed by atoms with E-state index in [0.29, 0.717) is 16.8 Å². The first-order valence-electron chi connectivity index (χ1n) is 3.93. The van der Waals surface area contributed by atoms with Gasteiger partial charge in [0.2, 0.25) is 0 Å². The van der Waals surface area contributed by atoms with Crippen molar-refractivity contribution in [1.29, 1.82) is 10.5 Å². The maximum absolute atomic E-state index is 8.89. The summed E-state index contributed by atoms with van der Waals surface area (Å²) in [5, 5.41) is 17.7. The normalized spacial score (nSPS) is 9.14. The molecule has 0 unspecified atom stereocenters. The molecule has 70 valence electrons. The molecule has 0 spiro atoms. The van der Waals surface area contributed by atoms with Crippen molar-refractivity contribution in [1.82, 2.24) is 0 Å². The van der Waals surface area contributed by atoms with Crippen molar-refractivity contribution >= 4 is 17.4 Å². The Kier molecular flexibility index (Phi) is 3.01. The highest BCUT2D eigenvalue weighted by Gasteiger charge is 2.12. The van der Waals surface area contributed by atoms with Crippen LogP contribution in [0.25, 0.3) is 0 Å². The molecule has 0 saturated heterocycles. The van der Waals surface area contributed by atoms with Crippen molar-refractivity contribution in [2.45, 2.75) is 11.8 Å². The van der Waals surface area contributed by atoms with E-state index in [1.54, 1.807) is 0 Å². The third-order valence-corrected chi connectivity index (χ3v) is 2.73. The summed E-state index contributed by atoms with van der Waals surface area (Å²) in [6, 6.07) is 5.84. The molecule has 0 fully saturated rings. The number of nitrogen functional groups attached to an aromatic ring is 1. The van der Waals surface area contributed by atoms with Crippen molar-refractivity contribution in [3.05, 3.63) is 22.8 Å². The summed E-state index contributed by atoms with van der Waals surface area (Å²) < 4.78 is 0. The molecule has 0 heterocycles. The van der Waals surface area contributed by atoms with E-state index in [4.69, 9.17) is 16.3 Å². The van der Waals surface area contributed by atoms with Crippen molar-refractivity contribution < 1.29 is 0 Å². The van der Waals surface area contributed by atoms with Gasteiger partial charge in [-0.05, 0) is 24.8 Å². The molecule has 14 heavy (non-hydrogen) atoms. The number of aryl methyl sites for hydroxylation is 1. The Morgan fingerprint density at radius 1 is 1.29 bits per heavy atom. The Balaban J connectivity index is 3.60. The largest absolute Gasteiger partial charge is 0.397 e. The van der Waals surface area contributed by atoms with Crippen molar-refractivity contribution in [2.75, 3.05) is 12.0 Å². The first-order valence-corrected chi connectivity index (χ1v) is 5.15. The molecule has 1 aromatic rings. The van der Waals surface area contributed by atoms with Crippen LogP contribution >= 0.6 is 11.8 Å². The van der Waals surface area contributed by atoms with Crippen molar-refractivity contribution in [3.63, 3.8) is 0 Å². The van der Waals surface area contributed by atoms with Gasteiger partial charge in [0, 0.05) is 4.90 Å². The van der Waals surface area contributed by atoms with Crippen LogP contribution < -0.4 is 5.73 Å². The number of nitrogens with zero attached hydrogens (tertiary/aromatic N) is 2. The van der Waals surface area contributed by atoms with Gasteiger partial charge in [-0.3, -0.25) is 0 Å². The minimum Gasteiger partial charge on any atom is -0.397 e. The molecule has 0 aromatic heterocycles. The fourth-order valence-corrected chi connectivity index (χ4v) is 1.89. The number of anilines is 1. The van der Waals surface area contributed by atoms with Gasteiger partial charge in [0.25, 0.3) is 0 Å². The molecule has 3 nitrogen and oxygen atoms in total. The molecule has 0 atom stereocenters. The number of nitrogens with two attached hydrogens (primary N) is 1. The van der Waals surface area contributed by atoms with Gasteiger partial charge in [-0.1, -0.05) is 0 Å². The van der Waals surface area contributed by atoms with Crippen molar-refractivity contribution in [2.24, 2.45) is 0 Å². The number of nitriles is 2. The average Bonchev–Trinajstić information content (AvgIpc) is 2.17. The highest BCUT2D eigenvalue weighted by Crippen LogP contribution is 2.29. The number of thioether (sulfide) groups is 1. The first kappa shape index (κ1) is 10.4. The van der Waals surface area contributed by atoms with Gasteiger partial charge in [0.1, 0.15) is 12.1 Å². The monoisotopic (exact) mass is 203 g/mol. The number of rotatable bonds is 1. The molecule has 2 N–H and O–H groups in total. The second-order valence-corrected chi connectivity index (χ2v) is 3.63. The smallest absolute Gasteiger partial charge is 0.103 e. The van der Waals surface area contributed by atoms with Gasteiger partial charge in [0.15, 0.2) is 0 Å². The first-order chi connectivity index (χ1) is 6.65. The van der Waals surface area contributed by atoms with Gasteiger partial charge >= 0.3 is 0 Å². The van der Waals surface area contributed by atoms with E-state index in [0.717, 1.165) is 10.5 Å². The van der Waals surface area contributed by atoms with Gasteiger partial charge in [-0.25, -0.2) is 0 Å². The molecule has 0 bridgehead atoms. The maximum Gasteiger partial charge on any atom is 0.103 e. The predicted molar refractivity (Wildman–Crippen MR) is 56.8 cm³/mol. The second kappa shape index (κ2) is 4.04. The zero-order valence-electron chi connectivity index (χ0n) is 7.96. The molecule has 1 rings (SSSR count). The minimum absolute atomic E-state index is 0.291. The number of benzene rings is 1.